The van der Waals surface area contributed by atoms with Crippen molar-refractivity contribution in [2.24, 2.45) is 0 Å². The van der Waals surface area contributed by atoms with Gasteiger partial charge in [-0.05, 0) is 13.8 Å². The lowest BCUT2D eigenvalue weighted by Gasteiger charge is -2.02. The summed E-state index contributed by atoms with van der Waals surface area (Å²) >= 11 is 0. The number of carbonyl (C=O) groups is 2. The molecule has 0 aliphatic rings. The second-order valence-electron chi connectivity index (χ2n) is 2.81. The minimum Gasteiger partial charge on any atom is -0.479 e. The van der Waals surface area contributed by atoms with Gasteiger partial charge in [0.2, 0.25) is 0 Å². The Kier molecular flexibility index (Phi) is 3.40. The summed E-state index contributed by atoms with van der Waals surface area (Å²) in [5.74, 6) is -1.40. The molecule has 82 valence electrons. The lowest BCUT2D eigenvalue weighted by Crippen LogP contribution is -2.27. The molecule has 15 heavy (non-hydrogen) atoms. The average Bonchev–Trinajstić information content (AvgIpc) is 2.45. The maximum absolute atomic E-state index is 11.4. The molecule has 1 heterocycles. The normalized spacial score (nSPS) is 10.0. The van der Waals surface area contributed by atoms with E-state index in [1.807, 2.05) is 5.48 Å². The van der Waals surface area contributed by atoms with Gasteiger partial charge in [-0.2, -0.15) is 0 Å². The maximum atomic E-state index is 11.4. The van der Waals surface area contributed by atoms with E-state index < -0.39 is 18.5 Å². The number of nitrogens with one attached hydrogen (secondary N) is 1. The minimum absolute atomic E-state index is 0.250. The first-order valence-corrected chi connectivity index (χ1v) is 4.09. The molecule has 7 heteroatoms. The molecular formula is C8H10N2O5. The van der Waals surface area contributed by atoms with E-state index in [1.54, 1.807) is 13.8 Å². The van der Waals surface area contributed by atoms with Crippen molar-refractivity contribution >= 4 is 11.9 Å². The van der Waals surface area contributed by atoms with Gasteiger partial charge in [-0.3, -0.25) is 9.63 Å². The number of carboxylic acids is 1. The molecule has 0 aliphatic carbocycles. The van der Waals surface area contributed by atoms with Crippen LogP contribution in [0.4, 0.5) is 0 Å². The standard InChI is InChI=1S/C8H10N2O5/c1-4-7(5(2)15-9-4)8(13)10-14-3-6(11)12/h3H2,1-2H3,(H,10,13)(H,11,12). The number of aliphatic carboxylic acids is 1. The summed E-state index contributed by atoms with van der Waals surface area (Å²) in [4.78, 5) is 25.9. The van der Waals surface area contributed by atoms with E-state index in [2.05, 4.69) is 9.99 Å². The Bertz CT molecular complexity index is 365. The van der Waals surface area contributed by atoms with Crippen molar-refractivity contribution in [1.82, 2.24) is 10.6 Å². The molecule has 0 aliphatic heterocycles. The number of aromatic nitrogens is 1. The Balaban J connectivity index is 2.58. The van der Waals surface area contributed by atoms with Gasteiger partial charge >= 0.3 is 5.97 Å². The largest absolute Gasteiger partial charge is 0.479 e. The van der Waals surface area contributed by atoms with Crippen molar-refractivity contribution in [3.63, 3.8) is 0 Å². The first kappa shape index (κ1) is 11.2. The Labute approximate surface area is 85.0 Å². The Morgan fingerprint density at radius 3 is 2.67 bits per heavy atom. The van der Waals surface area contributed by atoms with Crippen LogP contribution in [0.25, 0.3) is 0 Å². The van der Waals surface area contributed by atoms with Crippen LogP contribution in [0, 0.1) is 13.8 Å². The molecule has 0 spiro atoms. The summed E-state index contributed by atoms with van der Waals surface area (Å²) in [6.45, 7) is 2.57. The smallest absolute Gasteiger partial charge is 0.332 e. The SMILES string of the molecule is Cc1noc(C)c1C(=O)NOCC(=O)O. The molecule has 0 saturated heterocycles. The molecule has 7 nitrogen and oxygen atoms in total. The second-order valence-corrected chi connectivity index (χ2v) is 2.81. The maximum Gasteiger partial charge on any atom is 0.332 e. The number of hydroxylamine groups is 1. The molecule has 1 aromatic heterocycles. The van der Waals surface area contributed by atoms with Crippen LogP contribution in [-0.4, -0.2) is 28.7 Å². The number of carbonyl (C=O) groups excluding carboxylic acids is 1. The summed E-state index contributed by atoms with van der Waals surface area (Å²) in [6, 6.07) is 0. The fraction of sp³-hybridized carbons (Fsp3) is 0.375. The zero-order chi connectivity index (χ0) is 11.4. The van der Waals surface area contributed by atoms with Crippen molar-refractivity contribution in [3.8, 4) is 0 Å². The zero-order valence-corrected chi connectivity index (χ0v) is 8.23. The summed E-state index contributed by atoms with van der Waals surface area (Å²) in [6.07, 6.45) is 0. The molecule has 2 N–H and O–H groups in total. The van der Waals surface area contributed by atoms with Crippen molar-refractivity contribution in [3.05, 3.63) is 17.0 Å². The van der Waals surface area contributed by atoms with Crippen molar-refractivity contribution in [2.75, 3.05) is 6.61 Å². The zero-order valence-electron chi connectivity index (χ0n) is 8.23. The average molecular weight is 214 g/mol. The molecule has 0 fully saturated rings. The van der Waals surface area contributed by atoms with E-state index in [0.717, 1.165) is 0 Å². The van der Waals surface area contributed by atoms with Crippen LogP contribution >= 0.6 is 0 Å². The van der Waals surface area contributed by atoms with Crippen LogP contribution in [0.2, 0.25) is 0 Å². The van der Waals surface area contributed by atoms with E-state index in [4.69, 9.17) is 9.63 Å². The fourth-order valence-corrected chi connectivity index (χ4v) is 1.02. The van der Waals surface area contributed by atoms with Gasteiger partial charge in [0.05, 0.1) is 5.69 Å². The van der Waals surface area contributed by atoms with Crippen molar-refractivity contribution < 1.29 is 24.1 Å². The Morgan fingerprint density at radius 2 is 2.20 bits per heavy atom. The second kappa shape index (κ2) is 4.56. The third-order valence-electron chi connectivity index (χ3n) is 1.62. The molecule has 0 radical (unpaired) electrons. The summed E-state index contributed by atoms with van der Waals surface area (Å²) in [5, 5.41) is 11.8. The van der Waals surface area contributed by atoms with Gasteiger partial charge in [-0.25, -0.2) is 10.3 Å². The van der Waals surface area contributed by atoms with Gasteiger partial charge in [-0.15, -0.1) is 0 Å². The highest BCUT2D eigenvalue weighted by Gasteiger charge is 2.17. The highest BCUT2D eigenvalue weighted by molar-refractivity contribution is 5.95. The molecule has 0 saturated carbocycles. The van der Waals surface area contributed by atoms with E-state index in [1.165, 1.54) is 0 Å². The number of carboxylic acid groups (broad SMARTS) is 1. The number of hydrogen-bond donors (Lipinski definition) is 2. The van der Waals surface area contributed by atoms with Crippen LogP contribution in [0.5, 0.6) is 0 Å². The predicted octanol–water partition coefficient (Wildman–Crippen LogP) is 0.0374. The summed E-state index contributed by atoms with van der Waals surface area (Å²) < 4.78 is 4.76. The van der Waals surface area contributed by atoms with Crippen molar-refractivity contribution in [1.29, 1.82) is 0 Å². The number of rotatable bonds is 4. The number of amides is 1. The Morgan fingerprint density at radius 1 is 1.53 bits per heavy atom. The summed E-state index contributed by atoms with van der Waals surface area (Å²) in [5.41, 5.74) is 2.65. The van der Waals surface area contributed by atoms with E-state index in [-0.39, 0.29) is 5.56 Å². The molecule has 0 atom stereocenters. The summed E-state index contributed by atoms with van der Waals surface area (Å²) in [7, 11) is 0. The molecule has 1 amide bonds. The first-order chi connectivity index (χ1) is 7.02. The van der Waals surface area contributed by atoms with Gasteiger partial charge in [0, 0.05) is 0 Å². The molecule has 1 rings (SSSR count). The van der Waals surface area contributed by atoms with Gasteiger partial charge in [0.1, 0.15) is 11.3 Å². The molecule has 0 aromatic carbocycles. The van der Waals surface area contributed by atoms with Gasteiger partial charge in [0.15, 0.2) is 6.61 Å². The monoisotopic (exact) mass is 214 g/mol. The van der Waals surface area contributed by atoms with Crippen molar-refractivity contribution in [2.45, 2.75) is 13.8 Å². The quantitative estimate of drug-likeness (QED) is 0.686. The van der Waals surface area contributed by atoms with Crippen LogP contribution in [0.3, 0.4) is 0 Å². The lowest BCUT2D eigenvalue weighted by molar-refractivity contribution is -0.144. The number of hydrogen-bond acceptors (Lipinski definition) is 5. The predicted molar refractivity (Wildman–Crippen MR) is 47.0 cm³/mol. The fourth-order valence-electron chi connectivity index (χ4n) is 1.02. The Hall–Kier alpha value is -1.89. The number of nitrogens with zero attached hydrogens (tertiary/aromatic N) is 1. The highest BCUT2D eigenvalue weighted by Crippen LogP contribution is 2.11. The third kappa shape index (κ3) is 2.78. The van der Waals surface area contributed by atoms with E-state index >= 15 is 0 Å². The third-order valence-corrected chi connectivity index (χ3v) is 1.62. The molecule has 0 unspecified atom stereocenters. The van der Waals surface area contributed by atoms with Gasteiger partial charge in [0.25, 0.3) is 5.91 Å². The van der Waals surface area contributed by atoms with Crippen LogP contribution < -0.4 is 5.48 Å². The number of aryl methyl sites for hydroxylation is 2. The van der Waals surface area contributed by atoms with E-state index in [9.17, 15) is 9.59 Å². The van der Waals surface area contributed by atoms with Crippen LogP contribution in [0.15, 0.2) is 4.52 Å². The van der Waals surface area contributed by atoms with Gasteiger partial charge < -0.3 is 9.63 Å². The van der Waals surface area contributed by atoms with Gasteiger partial charge in [-0.1, -0.05) is 5.16 Å². The highest BCUT2D eigenvalue weighted by atomic mass is 16.7. The van der Waals surface area contributed by atoms with Crippen LogP contribution in [0.1, 0.15) is 21.8 Å². The molecule has 0 bridgehead atoms. The first-order valence-electron chi connectivity index (χ1n) is 4.09. The lowest BCUT2D eigenvalue weighted by atomic mass is 10.2. The van der Waals surface area contributed by atoms with E-state index in [0.29, 0.717) is 11.5 Å². The minimum atomic E-state index is -1.17. The molecule has 1 aromatic rings. The van der Waals surface area contributed by atoms with Crippen LogP contribution in [-0.2, 0) is 9.63 Å². The molecular weight excluding hydrogens is 204 g/mol. The topological polar surface area (TPSA) is 102 Å².